The van der Waals surface area contributed by atoms with Crippen molar-refractivity contribution in [2.75, 3.05) is 0 Å². The van der Waals surface area contributed by atoms with Gasteiger partial charge in [0, 0.05) is 25.7 Å². The largest absolute Gasteiger partial charge is 0.288 e. The van der Waals surface area contributed by atoms with Crippen LogP contribution in [0.15, 0.2) is 83.3 Å². The maximum Gasteiger partial charge on any atom is 0.203 e. The number of halogens is 1. The van der Waals surface area contributed by atoms with Gasteiger partial charge in [0.2, 0.25) is 5.78 Å². The van der Waals surface area contributed by atoms with E-state index in [1.165, 1.54) is 0 Å². The lowest BCUT2D eigenvalue weighted by Gasteiger charge is -2.05. The average Bonchev–Trinajstić information content (AvgIpc) is 3.01. The molecule has 0 spiro atoms. The quantitative estimate of drug-likeness (QED) is 0.360. The van der Waals surface area contributed by atoms with Crippen molar-refractivity contribution in [2.24, 2.45) is 0 Å². The van der Waals surface area contributed by atoms with Gasteiger partial charge in [0.25, 0.3) is 0 Å². The van der Waals surface area contributed by atoms with E-state index in [1.807, 2.05) is 54.6 Å². The summed E-state index contributed by atoms with van der Waals surface area (Å²) in [6.45, 7) is 0. The molecule has 3 heteroatoms. The molecule has 3 aromatic carbocycles. The van der Waals surface area contributed by atoms with Crippen molar-refractivity contribution < 1.29 is 4.79 Å². The van der Waals surface area contributed by atoms with Crippen LogP contribution in [0.25, 0.3) is 21.2 Å². The maximum atomic E-state index is 13.2. The molecule has 1 heterocycles. The molecule has 0 saturated carbocycles. The number of hydrogen-bond acceptors (Lipinski definition) is 2. The second-order valence-electron chi connectivity index (χ2n) is 5.51. The molecular formula is C21H13BrOS. The van der Waals surface area contributed by atoms with E-state index in [2.05, 4.69) is 40.2 Å². The van der Waals surface area contributed by atoms with E-state index in [9.17, 15) is 4.79 Å². The Hall–Kier alpha value is -2.23. The second kappa shape index (κ2) is 6.34. The second-order valence-corrected chi connectivity index (χ2v) is 7.48. The summed E-state index contributed by atoms with van der Waals surface area (Å²) < 4.78 is 2.05. The molecule has 0 aliphatic rings. The predicted molar refractivity (Wildman–Crippen MR) is 105 cm³/mol. The van der Waals surface area contributed by atoms with Gasteiger partial charge in [-0.2, -0.15) is 0 Å². The van der Waals surface area contributed by atoms with Gasteiger partial charge in [0.05, 0.1) is 4.88 Å². The summed E-state index contributed by atoms with van der Waals surface area (Å²) in [5.74, 6) is 0.0661. The first-order valence-corrected chi connectivity index (χ1v) is 9.22. The Morgan fingerprint density at radius 2 is 1.58 bits per heavy atom. The number of fused-ring (bicyclic) bond motifs is 1. The molecule has 0 fully saturated rings. The highest BCUT2D eigenvalue weighted by Crippen LogP contribution is 2.39. The summed E-state index contributed by atoms with van der Waals surface area (Å²) in [6, 6.07) is 25.9. The van der Waals surface area contributed by atoms with Crippen LogP contribution in [-0.2, 0) is 0 Å². The molecule has 1 aromatic heterocycles. The van der Waals surface area contributed by atoms with Crippen molar-refractivity contribution >= 4 is 43.1 Å². The Bertz CT molecular complexity index is 1030. The Morgan fingerprint density at radius 1 is 0.833 bits per heavy atom. The van der Waals surface area contributed by atoms with Gasteiger partial charge in [0.1, 0.15) is 0 Å². The first-order chi connectivity index (χ1) is 11.7. The number of carbonyl (C=O) groups excluding carboxylic acids is 1. The number of benzene rings is 3. The van der Waals surface area contributed by atoms with E-state index in [0.29, 0.717) is 5.56 Å². The summed E-state index contributed by atoms with van der Waals surface area (Å²) in [7, 11) is 0. The molecule has 116 valence electrons. The fourth-order valence-corrected chi connectivity index (χ4v) is 4.44. The normalized spacial score (nSPS) is 10.9. The van der Waals surface area contributed by atoms with E-state index in [-0.39, 0.29) is 5.78 Å². The zero-order chi connectivity index (χ0) is 16.5. The molecule has 0 radical (unpaired) electrons. The van der Waals surface area contributed by atoms with Crippen molar-refractivity contribution in [1.82, 2.24) is 0 Å². The Balaban J connectivity index is 1.97. The average molecular weight is 393 g/mol. The number of ketones is 1. The van der Waals surface area contributed by atoms with Crippen molar-refractivity contribution in [2.45, 2.75) is 0 Å². The van der Waals surface area contributed by atoms with E-state index in [1.54, 1.807) is 11.3 Å². The van der Waals surface area contributed by atoms with Crippen LogP contribution in [-0.4, -0.2) is 5.78 Å². The Labute approximate surface area is 152 Å². The van der Waals surface area contributed by atoms with Crippen LogP contribution in [0.2, 0.25) is 0 Å². The van der Waals surface area contributed by atoms with Crippen LogP contribution in [0, 0.1) is 0 Å². The Kier molecular flexibility index (Phi) is 4.05. The SMILES string of the molecule is O=C(c1cccc(Br)c1)c1sc2ccccc2c1-c1ccccc1. The minimum absolute atomic E-state index is 0.0661. The zero-order valence-corrected chi connectivity index (χ0v) is 15.1. The molecule has 0 saturated heterocycles. The number of thiophene rings is 1. The van der Waals surface area contributed by atoms with Gasteiger partial charge in [-0.25, -0.2) is 0 Å². The minimum Gasteiger partial charge on any atom is -0.288 e. The molecule has 0 aliphatic heterocycles. The van der Waals surface area contributed by atoms with E-state index in [4.69, 9.17) is 0 Å². The van der Waals surface area contributed by atoms with Gasteiger partial charge >= 0.3 is 0 Å². The van der Waals surface area contributed by atoms with Gasteiger partial charge in [-0.15, -0.1) is 11.3 Å². The summed E-state index contributed by atoms with van der Waals surface area (Å²) in [4.78, 5) is 13.9. The lowest BCUT2D eigenvalue weighted by molar-refractivity contribution is 0.104. The molecule has 0 amide bonds. The fourth-order valence-electron chi connectivity index (χ4n) is 2.86. The molecule has 0 atom stereocenters. The summed E-state index contributed by atoms with van der Waals surface area (Å²) in [5.41, 5.74) is 2.81. The summed E-state index contributed by atoms with van der Waals surface area (Å²) in [6.07, 6.45) is 0. The standard InChI is InChI=1S/C21H13BrOS/c22-16-10-6-9-15(13-16)20(23)21-19(14-7-2-1-3-8-14)17-11-4-5-12-18(17)24-21/h1-13H. The third-order valence-electron chi connectivity index (χ3n) is 3.95. The smallest absolute Gasteiger partial charge is 0.203 e. The molecular weight excluding hydrogens is 380 g/mol. The summed E-state index contributed by atoms with van der Waals surface area (Å²) >= 11 is 5.01. The van der Waals surface area contributed by atoms with Crippen LogP contribution in [0.5, 0.6) is 0 Å². The van der Waals surface area contributed by atoms with Crippen LogP contribution in [0.3, 0.4) is 0 Å². The molecule has 4 aromatic rings. The minimum atomic E-state index is 0.0661. The van der Waals surface area contributed by atoms with Crippen molar-refractivity contribution in [1.29, 1.82) is 0 Å². The Morgan fingerprint density at radius 3 is 2.38 bits per heavy atom. The maximum absolute atomic E-state index is 13.2. The van der Waals surface area contributed by atoms with Gasteiger partial charge in [-0.3, -0.25) is 4.79 Å². The number of hydrogen-bond donors (Lipinski definition) is 0. The van der Waals surface area contributed by atoms with Gasteiger partial charge in [-0.05, 0) is 23.8 Å². The van der Waals surface area contributed by atoms with Crippen LogP contribution >= 0.6 is 27.3 Å². The molecule has 0 bridgehead atoms. The highest BCUT2D eigenvalue weighted by atomic mass is 79.9. The van der Waals surface area contributed by atoms with Crippen molar-refractivity contribution in [3.8, 4) is 11.1 Å². The monoisotopic (exact) mass is 392 g/mol. The molecule has 4 rings (SSSR count). The zero-order valence-electron chi connectivity index (χ0n) is 12.7. The molecule has 0 N–H and O–H groups in total. The van der Waals surface area contributed by atoms with Gasteiger partial charge < -0.3 is 0 Å². The van der Waals surface area contributed by atoms with E-state index >= 15 is 0 Å². The van der Waals surface area contributed by atoms with Crippen LogP contribution in [0.1, 0.15) is 15.2 Å². The van der Waals surface area contributed by atoms with E-state index in [0.717, 1.165) is 30.6 Å². The number of rotatable bonds is 3. The highest BCUT2D eigenvalue weighted by Gasteiger charge is 2.20. The molecule has 1 nitrogen and oxygen atoms in total. The third kappa shape index (κ3) is 2.70. The third-order valence-corrected chi connectivity index (χ3v) is 5.61. The molecule has 24 heavy (non-hydrogen) atoms. The lowest BCUT2D eigenvalue weighted by atomic mass is 9.98. The fraction of sp³-hybridized carbons (Fsp3) is 0. The highest BCUT2D eigenvalue weighted by molar-refractivity contribution is 9.10. The molecule has 0 unspecified atom stereocenters. The van der Waals surface area contributed by atoms with E-state index < -0.39 is 0 Å². The van der Waals surface area contributed by atoms with Crippen molar-refractivity contribution in [3.63, 3.8) is 0 Å². The molecule has 0 aliphatic carbocycles. The first-order valence-electron chi connectivity index (χ1n) is 7.61. The van der Waals surface area contributed by atoms with Gasteiger partial charge in [0.15, 0.2) is 0 Å². The summed E-state index contributed by atoms with van der Waals surface area (Å²) in [5, 5.41) is 1.13. The number of carbonyl (C=O) groups is 1. The predicted octanol–water partition coefficient (Wildman–Crippen LogP) is 6.56. The van der Waals surface area contributed by atoms with Crippen LogP contribution < -0.4 is 0 Å². The topological polar surface area (TPSA) is 17.1 Å². The lowest BCUT2D eigenvalue weighted by Crippen LogP contribution is -2.00. The van der Waals surface area contributed by atoms with Crippen molar-refractivity contribution in [3.05, 3.63) is 93.8 Å². The van der Waals surface area contributed by atoms with Gasteiger partial charge in [-0.1, -0.05) is 76.6 Å². The first kappa shape index (κ1) is 15.3. The van der Waals surface area contributed by atoms with Crippen LogP contribution in [0.4, 0.5) is 0 Å².